The first-order valence-electron chi connectivity index (χ1n) is 7.43. The van der Waals surface area contributed by atoms with E-state index in [0.29, 0.717) is 11.8 Å². The van der Waals surface area contributed by atoms with E-state index in [2.05, 4.69) is 10.2 Å². The van der Waals surface area contributed by atoms with E-state index in [1.807, 2.05) is 0 Å². The van der Waals surface area contributed by atoms with E-state index in [1.165, 1.54) is 0 Å². The summed E-state index contributed by atoms with van der Waals surface area (Å²) in [5.41, 5.74) is -0.344. The molecule has 0 amide bonds. The molecule has 3 aromatic carbocycles. The van der Waals surface area contributed by atoms with Crippen LogP contribution in [-0.2, 0) is 20.2 Å². The van der Waals surface area contributed by atoms with Crippen LogP contribution >= 0.6 is 0 Å². The third-order valence-electron chi connectivity index (χ3n) is 3.70. The molecule has 0 aromatic heterocycles. The summed E-state index contributed by atoms with van der Waals surface area (Å²) in [6.07, 6.45) is 0. The zero-order valence-electron chi connectivity index (χ0n) is 14.8. The third kappa shape index (κ3) is 4.93. The molecule has 0 aliphatic carbocycles. The summed E-state index contributed by atoms with van der Waals surface area (Å²) < 4.78 is 64.7. The largest absolute Gasteiger partial charge is 0.507 e. The van der Waals surface area contributed by atoms with Crippen LogP contribution in [0, 0.1) is 0 Å². The molecule has 0 saturated carbocycles. The average molecular weight is 447 g/mol. The predicted octanol–water partition coefficient (Wildman–Crippen LogP) is 2.78. The number of hydrogen-bond donors (Lipinski definition) is 4. The number of nitrogens with zero attached hydrogens (tertiary/aromatic N) is 2. The Morgan fingerprint density at radius 1 is 0.793 bits per heavy atom. The van der Waals surface area contributed by atoms with Gasteiger partial charge in [-0.25, -0.2) is 0 Å². The molecule has 0 heterocycles. The van der Waals surface area contributed by atoms with Gasteiger partial charge in [0.05, 0.1) is 16.0 Å². The molecule has 4 N–H and O–H groups in total. The number of aromatic hydroxyl groups is 2. The van der Waals surface area contributed by atoms with Gasteiger partial charge in [0.25, 0.3) is 20.2 Å². The summed E-state index contributed by atoms with van der Waals surface area (Å²) >= 11 is 0. The van der Waals surface area contributed by atoms with E-state index < -0.39 is 47.2 Å². The van der Waals surface area contributed by atoms with Crippen LogP contribution < -0.4 is 0 Å². The van der Waals surface area contributed by atoms with E-state index >= 15 is 0 Å². The molecule has 0 saturated heterocycles. The molecule has 10 nitrogen and oxygen atoms in total. The molecule has 0 fully saturated rings. The van der Waals surface area contributed by atoms with Gasteiger partial charge < -0.3 is 10.2 Å². The van der Waals surface area contributed by atoms with Gasteiger partial charge in [0.2, 0.25) is 0 Å². The molecule has 0 spiro atoms. The van der Waals surface area contributed by atoms with E-state index in [1.54, 1.807) is 30.3 Å². The summed E-state index contributed by atoms with van der Waals surface area (Å²) in [4.78, 5) is -1.61. The van der Waals surface area contributed by atoms with Crippen LogP contribution in [0.15, 0.2) is 68.6 Å². The molecule has 0 aliphatic rings. The van der Waals surface area contributed by atoms with Gasteiger partial charge in [-0.05, 0) is 29.7 Å². The van der Waals surface area contributed by atoms with Crippen molar-refractivity contribution >= 4 is 71.9 Å². The molecule has 3 aromatic rings. The minimum Gasteiger partial charge on any atom is -0.507 e. The first-order chi connectivity index (χ1) is 13.0. The second-order valence-corrected chi connectivity index (χ2v) is 8.41. The molecule has 0 bridgehead atoms. The van der Waals surface area contributed by atoms with Crippen molar-refractivity contribution in [2.45, 2.75) is 9.79 Å². The van der Waals surface area contributed by atoms with E-state index in [0.717, 1.165) is 12.1 Å². The molecule has 13 heteroatoms. The van der Waals surface area contributed by atoms with Crippen LogP contribution in [0.25, 0.3) is 10.8 Å². The van der Waals surface area contributed by atoms with Gasteiger partial charge in [0.1, 0.15) is 16.3 Å². The third-order valence-corrected chi connectivity index (χ3v) is 5.40. The van der Waals surface area contributed by atoms with Gasteiger partial charge in [-0.1, -0.05) is 18.2 Å². The Hall–Kier alpha value is -2.06. The van der Waals surface area contributed by atoms with Crippen molar-refractivity contribution in [2.75, 3.05) is 0 Å². The van der Waals surface area contributed by atoms with Crippen molar-refractivity contribution < 1.29 is 36.2 Å². The normalized spacial score (nSPS) is 12.2. The van der Waals surface area contributed by atoms with Crippen LogP contribution in [0.3, 0.4) is 0 Å². The van der Waals surface area contributed by atoms with E-state index in [9.17, 15) is 31.6 Å². The van der Waals surface area contributed by atoms with E-state index in [-0.39, 0.29) is 40.3 Å². The average Bonchev–Trinajstić information content (AvgIpc) is 2.59. The fourth-order valence-electron chi connectivity index (χ4n) is 2.48. The molecule has 0 aliphatic heterocycles. The van der Waals surface area contributed by atoms with Crippen molar-refractivity contribution in [3.63, 3.8) is 0 Å². The van der Waals surface area contributed by atoms with Crippen molar-refractivity contribution in [1.29, 1.82) is 0 Å². The van der Waals surface area contributed by atoms with Gasteiger partial charge in [-0.3, -0.25) is 9.11 Å². The van der Waals surface area contributed by atoms with Crippen LogP contribution in [0.2, 0.25) is 0 Å². The second kappa shape index (κ2) is 8.36. The van der Waals surface area contributed by atoms with Crippen LogP contribution in [-0.4, -0.2) is 65.7 Å². The van der Waals surface area contributed by atoms with Gasteiger partial charge >= 0.3 is 0 Å². The number of hydrogen-bond acceptors (Lipinski definition) is 8. The Morgan fingerprint density at radius 2 is 1.41 bits per heavy atom. The molecule has 0 atom stereocenters. The SMILES string of the molecule is O=S(=O)(O)c1cc(O)c2c(O)c(N=Nc3ccccc3)c(S(=O)(=O)O)cc2c1.[Na]. The summed E-state index contributed by atoms with van der Waals surface area (Å²) in [5.74, 6) is -1.62. The minimum absolute atomic E-state index is 0. The van der Waals surface area contributed by atoms with Gasteiger partial charge in [-0.15, -0.1) is 5.11 Å². The molecular weight excluding hydrogens is 435 g/mol. The smallest absolute Gasteiger partial charge is 0.296 e. The monoisotopic (exact) mass is 447 g/mol. The number of fused-ring (bicyclic) bond motifs is 1. The standard InChI is InChI=1S/C16H12N2O8S2.Na/c19-12-8-11(27(21,22)23)6-9-7-13(28(24,25)26)15(16(20)14(9)12)18-17-10-4-2-1-3-5-10;/h1-8,19-20H,(H,21,22,23)(H,24,25,26);. The van der Waals surface area contributed by atoms with Crippen molar-refractivity contribution in [3.8, 4) is 11.5 Å². The number of benzene rings is 3. The Labute approximate surface area is 187 Å². The summed E-state index contributed by atoms with van der Waals surface area (Å²) in [7, 11) is -9.65. The van der Waals surface area contributed by atoms with Gasteiger partial charge in [0, 0.05) is 35.6 Å². The number of rotatable bonds is 4. The Bertz CT molecular complexity index is 1320. The maximum atomic E-state index is 11.7. The second-order valence-electron chi connectivity index (χ2n) is 5.60. The predicted molar refractivity (Wildman–Crippen MR) is 103 cm³/mol. The van der Waals surface area contributed by atoms with Gasteiger partial charge in [0.15, 0.2) is 5.75 Å². The quantitative estimate of drug-likeness (QED) is 0.268. The molecule has 0 unspecified atom stereocenters. The number of azo groups is 1. The zero-order chi connectivity index (χ0) is 20.7. The van der Waals surface area contributed by atoms with Crippen LogP contribution in [0.5, 0.6) is 11.5 Å². The minimum atomic E-state index is -4.92. The number of phenols is 2. The molecular formula is C16H12N2NaO8S2. The van der Waals surface area contributed by atoms with Crippen LogP contribution in [0.4, 0.5) is 11.4 Å². The van der Waals surface area contributed by atoms with E-state index in [4.69, 9.17) is 4.55 Å². The topological polar surface area (TPSA) is 174 Å². The number of phenolic OH excluding ortho intramolecular Hbond substituents is 2. The maximum Gasteiger partial charge on any atom is 0.296 e. The fraction of sp³-hybridized carbons (Fsp3) is 0. The Morgan fingerprint density at radius 3 is 1.97 bits per heavy atom. The Balaban J connectivity index is 0.00000300. The molecule has 3 rings (SSSR count). The first kappa shape index (κ1) is 23.2. The summed E-state index contributed by atoms with van der Waals surface area (Å²) in [6, 6.07) is 10.4. The Kier molecular flexibility index (Phi) is 6.69. The molecule has 1 radical (unpaired) electrons. The fourth-order valence-corrected chi connectivity index (χ4v) is 3.68. The molecule has 147 valence electrons. The zero-order valence-corrected chi connectivity index (χ0v) is 18.4. The summed E-state index contributed by atoms with van der Waals surface area (Å²) in [5, 5.41) is 27.3. The summed E-state index contributed by atoms with van der Waals surface area (Å²) in [6.45, 7) is 0. The van der Waals surface area contributed by atoms with Crippen molar-refractivity contribution in [3.05, 3.63) is 48.5 Å². The molecule has 29 heavy (non-hydrogen) atoms. The van der Waals surface area contributed by atoms with Crippen molar-refractivity contribution in [2.24, 2.45) is 10.2 Å². The first-order valence-corrected chi connectivity index (χ1v) is 10.3. The van der Waals surface area contributed by atoms with Crippen LogP contribution in [0.1, 0.15) is 0 Å². The maximum absolute atomic E-state index is 11.7. The van der Waals surface area contributed by atoms with Gasteiger partial charge in [-0.2, -0.15) is 21.9 Å². The van der Waals surface area contributed by atoms with Crippen molar-refractivity contribution in [1.82, 2.24) is 0 Å².